The number of carbonyl (C=O) groups excluding carboxylic acids is 1. The van der Waals surface area contributed by atoms with Crippen molar-refractivity contribution in [2.45, 2.75) is 13.1 Å². The van der Waals surface area contributed by atoms with Crippen LogP contribution >= 0.6 is 11.6 Å². The van der Waals surface area contributed by atoms with Crippen LogP contribution in [0.4, 0.5) is 10.5 Å². The third-order valence-corrected chi connectivity index (χ3v) is 3.38. The largest absolute Gasteiger partial charge is 0.457 e. The van der Waals surface area contributed by atoms with Gasteiger partial charge in [0.15, 0.2) is 0 Å². The Balaban J connectivity index is 1.76. The van der Waals surface area contributed by atoms with E-state index >= 15 is 0 Å². The van der Waals surface area contributed by atoms with Crippen LogP contribution in [0.5, 0.6) is 11.5 Å². The Morgan fingerprint density at radius 1 is 1.14 bits per heavy atom. The molecule has 0 bridgehead atoms. The zero-order chi connectivity index (χ0) is 14.8. The number of anilines is 1. The Hall–Kier alpha value is -2.24. The van der Waals surface area contributed by atoms with Crippen LogP contribution in [-0.4, -0.2) is 12.2 Å². The molecule has 0 saturated carbocycles. The van der Waals surface area contributed by atoms with Crippen molar-refractivity contribution in [2.75, 3.05) is 4.90 Å². The average Bonchev–Trinajstić information content (AvgIpc) is 2.79. The molecule has 1 atom stereocenters. The standard InChI is InChI=1S/C15H14ClN3O2/c1-10-17-18-15(20)19(10)12-5-7-13(8-6-12)21-14-4-2-3-11(16)9-14/h2-10,17H,1H3,(H,18,20). The zero-order valence-electron chi connectivity index (χ0n) is 11.3. The highest BCUT2D eigenvalue weighted by Gasteiger charge is 2.27. The summed E-state index contributed by atoms with van der Waals surface area (Å²) in [6.07, 6.45) is -0.0998. The first kappa shape index (κ1) is 13.7. The number of amides is 2. The van der Waals surface area contributed by atoms with Crippen LogP contribution < -0.4 is 20.5 Å². The van der Waals surface area contributed by atoms with Gasteiger partial charge in [0.1, 0.15) is 17.7 Å². The number of rotatable bonds is 3. The van der Waals surface area contributed by atoms with Gasteiger partial charge in [-0.2, -0.15) is 0 Å². The highest BCUT2D eigenvalue weighted by Crippen LogP contribution is 2.27. The molecule has 0 spiro atoms. The van der Waals surface area contributed by atoms with E-state index in [1.165, 1.54) is 0 Å². The lowest BCUT2D eigenvalue weighted by Crippen LogP contribution is -2.34. The van der Waals surface area contributed by atoms with Crippen molar-refractivity contribution < 1.29 is 9.53 Å². The molecule has 0 aromatic heterocycles. The molecule has 2 N–H and O–H groups in total. The molecule has 1 saturated heterocycles. The third-order valence-electron chi connectivity index (χ3n) is 3.14. The normalized spacial score (nSPS) is 17.7. The summed E-state index contributed by atoms with van der Waals surface area (Å²) in [6.45, 7) is 1.90. The highest BCUT2D eigenvalue weighted by molar-refractivity contribution is 6.30. The topological polar surface area (TPSA) is 53.6 Å². The molecule has 5 nitrogen and oxygen atoms in total. The predicted octanol–water partition coefficient (Wildman–Crippen LogP) is 3.51. The van der Waals surface area contributed by atoms with Gasteiger partial charge >= 0.3 is 6.03 Å². The van der Waals surface area contributed by atoms with Gasteiger partial charge in [0.25, 0.3) is 0 Å². The Morgan fingerprint density at radius 3 is 2.52 bits per heavy atom. The number of ether oxygens (including phenoxy) is 1. The van der Waals surface area contributed by atoms with Gasteiger partial charge in [-0.05, 0) is 49.4 Å². The second-order valence-corrected chi connectivity index (χ2v) is 5.11. The molecule has 2 amide bonds. The minimum absolute atomic E-state index is 0.0998. The van der Waals surface area contributed by atoms with E-state index in [9.17, 15) is 4.79 Å². The van der Waals surface area contributed by atoms with Crippen LogP contribution in [0.2, 0.25) is 5.02 Å². The van der Waals surface area contributed by atoms with E-state index in [0.29, 0.717) is 16.5 Å². The minimum Gasteiger partial charge on any atom is -0.457 e. The van der Waals surface area contributed by atoms with Gasteiger partial charge in [-0.3, -0.25) is 10.3 Å². The number of carbonyl (C=O) groups is 1. The first-order chi connectivity index (χ1) is 10.1. The summed E-state index contributed by atoms with van der Waals surface area (Å²) in [5.74, 6) is 1.35. The van der Waals surface area contributed by atoms with E-state index < -0.39 is 0 Å². The van der Waals surface area contributed by atoms with Gasteiger partial charge in [0, 0.05) is 10.7 Å². The van der Waals surface area contributed by atoms with Crippen molar-refractivity contribution in [1.29, 1.82) is 0 Å². The van der Waals surface area contributed by atoms with Gasteiger partial charge in [0.2, 0.25) is 0 Å². The second kappa shape index (κ2) is 5.63. The predicted molar refractivity (Wildman–Crippen MR) is 81.6 cm³/mol. The fraction of sp³-hybridized carbons (Fsp3) is 0.133. The molecule has 1 aliphatic rings. The van der Waals surface area contributed by atoms with Crippen LogP contribution in [0.3, 0.4) is 0 Å². The molecule has 1 heterocycles. The van der Waals surface area contributed by atoms with Crippen molar-refractivity contribution >= 4 is 23.3 Å². The quantitative estimate of drug-likeness (QED) is 0.912. The average molecular weight is 304 g/mol. The summed E-state index contributed by atoms with van der Waals surface area (Å²) in [6, 6.07) is 14.3. The van der Waals surface area contributed by atoms with Crippen LogP contribution in [0.25, 0.3) is 0 Å². The molecule has 6 heteroatoms. The lowest BCUT2D eigenvalue weighted by atomic mass is 10.2. The Bertz CT molecular complexity index is 660. The first-order valence-corrected chi connectivity index (χ1v) is 6.89. The molecule has 0 radical (unpaired) electrons. The number of nitrogens with zero attached hydrogens (tertiary/aromatic N) is 1. The van der Waals surface area contributed by atoms with Crippen molar-refractivity contribution in [3.8, 4) is 11.5 Å². The fourth-order valence-corrected chi connectivity index (χ4v) is 2.33. The molecular weight excluding hydrogens is 290 g/mol. The fourth-order valence-electron chi connectivity index (χ4n) is 2.15. The number of benzene rings is 2. The smallest absolute Gasteiger partial charge is 0.337 e. The lowest BCUT2D eigenvalue weighted by molar-refractivity contribution is 0.250. The summed E-state index contributed by atoms with van der Waals surface area (Å²) in [5, 5.41) is 0.623. The van der Waals surface area contributed by atoms with Crippen LogP contribution in [-0.2, 0) is 0 Å². The number of hydrogen-bond donors (Lipinski definition) is 2. The van der Waals surface area contributed by atoms with E-state index in [1.807, 2.05) is 43.3 Å². The van der Waals surface area contributed by atoms with E-state index in [1.54, 1.807) is 17.0 Å². The molecule has 3 rings (SSSR count). The van der Waals surface area contributed by atoms with Crippen LogP contribution in [0.15, 0.2) is 48.5 Å². The second-order valence-electron chi connectivity index (χ2n) is 4.67. The summed E-state index contributed by atoms with van der Waals surface area (Å²) >= 11 is 5.92. The molecule has 21 heavy (non-hydrogen) atoms. The molecule has 0 aliphatic carbocycles. The number of nitrogens with one attached hydrogen (secondary N) is 2. The van der Waals surface area contributed by atoms with E-state index in [4.69, 9.17) is 16.3 Å². The molecular formula is C15H14ClN3O2. The maximum absolute atomic E-state index is 11.7. The van der Waals surface area contributed by atoms with Crippen molar-refractivity contribution in [2.24, 2.45) is 0 Å². The summed E-state index contributed by atoms with van der Waals surface area (Å²) in [4.78, 5) is 13.3. The van der Waals surface area contributed by atoms with E-state index in [2.05, 4.69) is 10.9 Å². The van der Waals surface area contributed by atoms with Crippen molar-refractivity contribution in [1.82, 2.24) is 10.9 Å². The van der Waals surface area contributed by atoms with E-state index in [0.717, 1.165) is 5.69 Å². The monoisotopic (exact) mass is 303 g/mol. The SMILES string of the molecule is CC1NNC(=O)N1c1ccc(Oc2cccc(Cl)c2)cc1. The summed E-state index contributed by atoms with van der Waals surface area (Å²) in [5.41, 5.74) is 6.22. The van der Waals surface area contributed by atoms with E-state index in [-0.39, 0.29) is 12.2 Å². The van der Waals surface area contributed by atoms with Gasteiger partial charge < -0.3 is 4.74 Å². The lowest BCUT2D eigenvalue weighted by Gasteiger charge is -2.19. The van der Waals surface area contributed by atoms with Gasteiger partial charge in [-0.25, -0.2) is 10.2 Å². The van der Waals surface area contributed by atoms with Gasteiger partial charge in [-0.15, -0.1) is 0 Å². The highest BCUT2D eigenvalue weighted by atomic mass is 35.5. The number of hydrazine groups is 1. The van der Waals surface area contributed by atoms with Crippen molar-refractivity contribution in [3.63, 3.8) is 0 Å². The molecule has 108 valence electrons. The molecule has 1 aliphatic heterocycles. The molecule has 1 fully saturated rings. The maximum atomic E-state index is 11.7. The zero-order valence-corrected chi connectivity index (χ0v) is 12.1. The van der Waals surface area contributed by atoms with Crippen molar-refractivity contribution in [3.05, 3.63) is 53.6 Å². The molecule has 2 aromatic carbocycles. The minimum atomic E-state index is -0.175. The first-order valence-electron chi connectivity index (χ1n) is 6.52. The van der Waals surface area contributed by atoms with Crippen LogP contribution in [0, 0.1) is 0 Å². The maximum Gasteiger partial charge on any atom is 0.337 e. The van der Waals surface area contributed by atoms with Gasteiger partial charge in [-0.1, -0.05) is 17.7 Å². The molecule has 2 aromatic rings. The third kappa shape index (κ3) is 2.94. The Kier molecular flexibility index (Phi) is 3.68. The molecule has 1 unspecified atom stereocenters. The summed E-state index contributed by atoms with van der Waals surface area (Å²) in [7, 11) is 0. The Morgan fingerprint density at radius 2 is 1.90 bits per heavy atom. The number of hydrogen-bond acceptors (Lipinski definition) is 3. The Labute approximate surface area is 127 Å². The number of halogens is 1. The summed E-state index contributed by atoms with van der Waals surface area (Å²) < 4.78 is 5.71. The number of urea groups is 1. The van der Waals surface area contributed by atoms with Crippen LogP contribution in [0.1, 0.15) is 6.92 Å². The van der Waals surface area contributed by atoms with Gasteiger partial charge in [0.05, 0.1) is 0 Å².